The number of nitrogens with two attached hydrogens (primary N) is 1. The fourth-order valence-corrected chi connectivity index (χ4v) is 3.00. The number of thioether (sulfide) groups is 1. The van der Waals surface area contributed by atoms with Crippen LogP contribution in [0.1, 0.15) is 19.3 Å². The molecule has 0 bridgehead atoms. The molecule has 7 heteroatoms. The average molecular weight is 264 g/mol. The summed E-state index contributed by atoms with van der Waals surface area (Å²) in [5, 5.41) is 0.110. The van der Waals surface area contributed by atoms with E-state index < -0.39 is 5.25 Å². The van der Waals surface area contributed by atoms with Gasteiger partial charge in [-0.25, -0.2) is 9.97 Å². The molecule has 2 fully saturated rings. The maximum atomic E-state index is 12.1. The van der Waals surface area contributed by atoms with Crippen LogP contribution in [0, 0.1) is 0 Å². The van der Waals surface area contributed by atoms with Gasteiger partial charge >= 0.3 is 0 Å². The van der Waals surface area contributed by atoms with Crippen molar-refractivity contribution in [2.75, 3.05) is 5.73 Å². The summed E-state index contributed by atoms with van der Waals surface area (Å²) in [6.45, 7) is 0. The van der Waals surface area contributed by atoms with E-state index in [2.05, 4.69) is 9.97 Å². The van der Waals surface area contributed by atoms with Crippen molar-refractivity contribution in [3.63, 3.8) is 0 Å². The third kappa shape index (κ3) is 1.94. The maximum Gasteiger partial charge on any atom is 0.243 e. The molecule has 1 atom stereocenters. The summed E-state index contributed by atoms with van der Waals surface area (Å²) < 4.78 is 0. The molecule has 18 heavy (non-hydrogen) atoms. The summed E-state index contributed by atoms with van der Waals surface area (Å²) in [5.74, 6) is 0.104. The van der Waals surface area contributed by atoms with Crippen molar-refractivity contribution in [3.05, 3.63) is 12.4 Å². The number of aromatic nitrogens is 2. The number of imide groups is 1. The predicted molar refractivity (Wildman–Crippen MR) is 65.6 cm³/mol. The molecule has 0 spiro atoms. The number of carbonyl (C=O) groups excluding carboxylic acids is 2. The molecule has 0 radical (unpaired) electrons. The van der Waals surface area contributed by atoms with E-state index in [0.29, 0.717) is 10.8 Å². The molecule has 1 saturated carbocycles. The molecule has 2 aliphatic rings. The van der Waals surface area contributed by atoms with Crippen molar-refractivity contribution in [3.8, 4) is 0 Å². The monoisotopic (exact) mass is 264 g/mol. The molecule has 1 saturated heterocycles. The number of nitrogen functional groups attached to an aromatic ring is 1. The first-order valence-electron chi connectivity index (χ1n) is 5.76. The van der Waals surface area contributed by atoms with E-state index in [-0.39, 0.29) is 24.3 Å². The molecular weight excluding hydrogens is 252 g/mol. The highest BCUT2D eigenvalue weighted by atomic mass is 32.2. The molecule has 2 amide bonds. The number of hydrogen-bond acceptors (Lipinski definition) is 6. The molecule has 1 aliphatic heterocycles. The second-order valence-electron chi connectivity index (χ2n) is 4.39. The van der Waals surface area contributed by atoms with Gasteiger partial charge < -0.3 is 5.73 Å². The average Bonchev–Trinajstić information content (AvgIpc) is 3.11. The van der Waals surface area contributed by atoms with Gasteiger partial charge in [0.1, 0.15) is 5.03 Å². The van der Waals surface area contributed by atoms with Gasteiger partial charge in [0.05, 0.1) is 5.25 Å². The van der Waals surface area contributed by atoms with Crippen molar-refractivity contribution in [2.24, 2.45) is 0 Å². The molecule has 1 aliphatic carbocycles. The van der Waals surface area contributed by atoms with Gasteiger partial charge in [-0.3, -0.25) is 14.5 Å². The van der Waals surface area contributed by atoms with Gasteiger partial charge in [0.2, 0.25) is 11.8 Å². The van der Waals surface area contributed by atoms with Gasteiger partial charge in [-0.15, -0.1) is 0 Å². The smallest absolute Gasteiger partial charge is 0.243 e. The summed E-state index contributed by atoms with van der Waals surface area (Å²) in [4.78, 5) is 33.3. The van der Waals surface area contributed by atoms with Crippen LogP contribution in [0.3, 0.4) is 0 Å². The van der Waals surface area contributed by atoms with Gasteiger partial charge in [0.25, 0.3) is 0 Å². The molecule has 1 aromatic rings. The topological polar surface area (TPSA) is 89.2 Å². The highest BCUT2D eigenvalue weighted by Gasteiger charge is 2.46. The second kappa shape index (κ2) is 4.24. The minimum Gasteiger partial charge on any atom is -0.381 e. The number of likely N-dealkylation sites (tertiary alicyclic amines) is 1. The summed E-state index contributed by atoms with van der Waals surface area (Å²) in [5.41, 5.74) is 5.68. The standard InChI is InChI=1S/C11H12N4O2S/c12-9-10(14-4-3-13-9)18-7-5-8(16)15(11(7)17)6-1-2-6/h3-4,6-7H,1-2,5H2,(H2,12,13). The quantitative estimate of drug-likeness (QED) is 0.797. The fourth-order valence-electron chi connectivity index (χ4n) is 1.99. The molecule has 6 nitrogen and oxygen atoms in total. The van der Waals surface area contributed by atoms with E-state index in [1.54, 1.807) is 0 Å². The molecule has 1 unspecified atom stereocenters. The lowest BCUT2D eigenvalue weighted by atomic mass is 10.4. The van der Waals surface area contributed by atoms with Gasteiger partial charge in [0, 0.05) is 24.9 Å². The Morgan fingerprint density at radius 3 is 2.67 bits per heavy atom. The number of anilines is 1. The zero-order chi connectivity index (χ0) is 12.7. The largest absolute Gasteiger partial charge is 0.381 e. The lowest BCUT2D eigenvalue weighted by Gasteiger charge is -2.13. The van der Waals surface area contributed by atoms with E-state index in [4.69, 9.17) is 5.73 Å². The molecule has 2 heterocycles. The van der Waals surface area contributed by atoms with Gasteiger partial charge in [-0.05, 0) is 12.8 Å². The van der Waals surface area contributed by atoms with Crippen LogP contribution in [0.5, 0.6) is 0 Å². The number of rotatable bonds is 3. The van der Waals surface area contributed by atoms with E-state index >= 15 is 0 Å². The minimum atomic E-state index is -0.405. The number of amides is 2. The molecule has 3 rings (SSSR count). The first-order valence-corrected chi connectivity index (χ1v) is 6.64. The molecular formula is C11H12N4O2S. The van der Waals surface area contributed by atoms with Gasteiger partial charge in [-0.1, -0.05) is 11.8 Å². The van der Waals surface area contributed by atoms with E-state index in [9.17, 15) is 9.59 Å². The molecule has 1 aromatic heterocycles. The highest BCUT2D eigenvalue weighted by Crippen LogP contribution is 2.37. The third-order valence-electron chi connectivity index (χ3n) is 3.00. The fraction of sp³-hybridized carbons (Fsp3) is 0.455. The zero-order valence-electron chi connectivity index (χ0n) is 9.57. The normalized spacial score (nSPS) is 23.8. The van der Waals surface area contributed by atoms with Crippen LogP contribution in [0.2, 0.25) is 0 Å². The Labute approximate surface area is 108 Å². The van der Waals surface area contributed by atoms with Crippen LogP contribution < -0.4 is 5.73 Å². The Morgan fingerprint density at radius 1 is 1.28 bits per heavy atom. The van der Waals surface area contributed by atoms with Crippen molar-refractivity contribution < 1.29 is 9.59 Å². The van der Waals surface area contributed by atoms with E-state index in [1.165, 1.54) is 29.1 Å². The third-order valence-corrected chi connectivity index (χ3v) is 4.19. The maximum absolute atomic E-state index is 12.1. The van der Waals surface area contributed by atoms with E-state index in [0.717, 1.165) is 12.8 Å². The highest BCUT2D eigenvalue weighted by molar-refractivity contribution is 8.00. The summed E-state index contributed by atoms with van der Waals surface area (Å²) in [6, 6.07) is 0.134. The van der Waals surface area contributed by atoms with Crippen LogP contribution in [-0.4, -0.2) is 38.0 Å². The summed E-state index contributed by atoms with van der Waals surface area (Å²) in [6.07, 6.45) is 5.12. The van der Waals surface area contributed by atoms with Crippen LogP contribution in [-0.2, 0) is 9.59 Å². The first-order chi connectivity index (χ1) is 8.66. The van der Waals surface area contributed by atoms with Crippen molar-refractivity contribution in [1.29, 1.82) is 0 Å². The Bertz CT molecular complexity index is 518. The lowest BCUT2D eigenvalue weighted by Crippen LogP contribution is -2.33. The molecule has 2 N–H and O–H groups in total. The summed E-state index contributed by atoms with van der Waals surface area (Å²) in [7, 11) is 0. The zero-order valence-corrected chi connectivity index (χ0v) is 10.4. The van der Waals surface area contributed by atoms with Crippen molar-refractivity contribution in [1.82, 2.24) is 14.9 Å². The van der Waals surface area contributed by atoms with Crippen LogP contribution in [0.15, 0.2) is 17.4 Å². The van der Waals surface area contributed by atoms with Crippen LogP contribution >= 0.6 is 11.8 Å². The Hall–Kier alpha value is -1.63. The Balaban J connectivity index is 1.76. The number of carbonyl (C=O) groups is 2. The number of nitrogens with zero attached hydrogens (tertiary/aromatic N) is 3. The van der Waals surface area contributed by atoms with Crippen molar-refractivity contribution in [2.45, 2.75) is 35.6 Å². The SMILES string of the molecule is Nc1nccnc1SC1CC(=O)N(C2CC2)C1=O. The van der Waals surface area contributed by atoms with Crippen LogP contribution in [0.4, 0.5) is 5.82 Å². The molecule has 94 valence electrons. The Kier molecular flexibility index (Phi) is 2.70. The first kappa shape index (κ1) is 11.5. The lowest BCUT2D eigenvalue weighted by molar-refractivity contribution is -0.138. The van der Waals surface area contributed by atoms with E-state index in [1.807, 2.05) is 0 Å². The van der Waals surface area contributed by atoms with Gasteiger partial charge in [-0.2, -0.15) is 0 Å². The van der Waals surface area contributed by atoms with Crippen molar-refractivity contribution >= 4 is 29.4 Å². The Morgan fingerprint density at radius 2 is 2.00 bits per heavy atom. The number of hydrogen-bond donors (Lipinski definition) is 1. The minimum absolute atomic E-state index is 0.0811. The summed E-state index contributed by atoms with van der Waals surface area (Å²) >= 11 is 1.23. The predicted octanol–water partition coefficient (Wildman–Crippen LogP) is 0.441. The van der Waals surface area contributed by atoms with Crippen LogP contribution in [0.25, 0.3) is 0 Å². The molecule has 0 aromatic carbocycles. The second-order valence-corrected chi connectivity index (χ2v) is 5.58. The van der Waals surface area contributed by atoms with Gasteiger partial charge in [0.15, 0.2) is 5.82 Å².